The standard InChI is InChI=1S/C17H22O/c1-13(2)12-16(7-6-14-4-5-14)15-8-10-17(18-3)11-9-15/h8-11,13-14,16H,4-5,12H2,1-3H3. The first-order valence-electron chi connectivity index (χ1n) is 6.84. The fourth-order valence-electron chi connectivity index (χ4n) is 2.03. The lowest BCUT2D eigenvalue weighted by Gasteiger charge is -2.14. The van der Waals surface area contributed by atoms with E-state index in [0.717, 1.165) is 12.2 Å². The van der Waals surface area contributed by atoms with Crippen LogP contribution in [0, 0.1) is 23.7 Å². The molecule has 1 unspecified atom stereocenters. The zero-order chi connectivity index (χ0) is 13.0. The van der Waals surface area contributed by atoms with Crippen LogP contribution in [0.4, 0.5) is 0 Å². The number of rotatable bonds is 4. The Morgan fingerprint density at radius 2 is 1.89 bits per heavy atom. The Morgan fingerprint density at radius 3 is 2.39 bits per heavy atom. The van der Waals surface area contributed by atoms with Gasteiger partial charge in [-0.05, 0) is 42.9 Å². The van der Waals surface area contributed by atoms with Gasteiger partial charge in [-0.3, -0.25) is 0 Å². The van der Waals surface area contributed by atoms with Crippen molar-refractivity contribution in [2.45, 2.75) is 39.0 Å². The van der Waals surface area contributed by atoms with Crippen molar-refractivity contribution >= 4 is 0 Å². The van der Waals surface area contributed by atoms with E-state index in [4.69, 9.17) is 4.74 Å². The third-order valence-corrected chi connectivity index (χ3v) is 3.26. The second-order valence-corrected chi connectivity index (χ2v) is 5.52. The molecule has 1 aliphatic rings. The first-order valence-corrected chi connectivity index (χ1v) is 6.84. The van der Waals surface area contributed by atoms with E-state index in [-0.39, 0.29) is 0 Å². The summed E-state index contributed by atoms with van der Waals surface area (Å²) in [5, 5.41) is 0. The lowest BCUT2D eigenvalue weighted by molar-refractivity contribution is 0.414. The van der Waals surface area contributed by atoms with Crippen LogP contribution >= 0.6 is 0 Å². The molecule has 0 saturated heterocycles. The van der Waals surface area contributed by atoms with Crippen molar-refractivity contribution < 1.29 is 4.74 Å². The van der Waals surface area contributed by atoms with Crippen LogP contribution < -0.4 is 4.74 Å². The predicted octanol–water partition coefficient (Wildman–Crippen LogP) is 4.24. The molecule has 18 heavy (non-hydrogen) atoms. The van der Waals surface area contributed by atoms with Gasteiger partial charge in [0.2, 0.25) is 0 Å². The fraction of sp³-hybridized carbons (Fsp3) is 0.529. The summed E-state index contributed by atoms with van der Waals surface area (Å²) in [6.45, 7) is 4.52. The van der Waals surface area contributed by atoms with Crippen molar-refractivity contribution in [3.63, 3.8) is 0 Å². The zero-order valence-corrected chi connectivity index (χ0v) is 11.6. The molecule has 0 amide bonds. The molecule has 1 nitrogen and oxygen atoms in total. The highest BCUT2D eigenvalue weighted by atomic mass is 16.5. The van der Waals surface area contributed by atoms with Crippen LogP contribution in [0.15, 0.2) is 24.3 Å². The van der Waals surface area contributed by atoms with E-state index in [9.17, 15) is 0 Å². The lowest BCUT2D eigenvalue weighted by Crippen LogP contribution is -2.01. The smallest absolute Gasteiger partial charge is 0.118 e. The van der Waals surface area contributed by atoms with Crippen LogP contribution in [-0.4, -0.2) is 7.11 Å². The minimum atomic E-state index is 0.372. The second kappa shape index (κ2) is 5.96. The summed E-state index contributed by atoms with van der Waals surface area (Å²) in [7, 11) is 1.70. The SMILES string of the molecule is COc1ccc(C(C#CC2CC2)CC(C)C)cc1. The van der Waals surface area contributed by atoms with E-state index >= 15 is 0 Å². The summed E-state index contributed by atoms with van der Waals surface area (Å²) in [6, 6.07) is 8.35. The largest absolute Gasteiger partial charge is 0.497 e. The van der Waals surface area contributed by atoms with Gasteiger partial charge in [0, 0.05) is 11.8 Å². The average molecular weight is 242 g/mol. The van der Waals surface area contributed by atoms with Crippen LogP contribution in [0.25, 0.3) is 0 Å². The van der Waals surface area contributed by atoms with E-state index < -0.39 is 0 Å². The Hall–Kier alpha value is -1.42. The van der Waals surface area contributed by atoms with Crippen molar-refractivity contribution in [1.82, 2.24) is 0 Å². The zero-order valence-electron chi connectivity index (χ0n) is 11.6. The Bertz CT molecular complexity index is 429. The van der Waals surface area contributed by atoms with Gasteiger partial charge in [0.05, 0.1) is 7.11 Å². The molecule has 1 heteroatoms. The first kappa shape index (κ1) is 13.0. The molecule has 0 heterocycles. The molecule has 0 N–H and O–H groups in total. The van der Waals surface area contributed by atoms with Gasteiger partial charge in [-0.2, -0.15) is 0 Å². The van der Waals surface area contributed by atoms with E-state index in [1.807, 2.05) is 12.1 Å². The number of hydrogen-bond donors (Lipinski definition) is 0. The van der Waals surface area contributed by atoms with Crippen LogP contribution in [0.2, 0.25) is 0 Å². The summed E-state index contributed by atoms with van der Waals surface area (Å²) < 4.78 is 5.20. The molecule has 1 aromatic rings. The monoisotopic (exact) mass is 242 g/mol. The van der Waals surface area contributed by atoms with Gasteiger partial charge >= 0.3 is 0 Å². The Labute approximate surface area is 111 Å². The van der Waals surface area contributed by atoms with Gasteiger partial charge in [0.1, 0.15) is 5.75 Å². The molecule has 0 radical (unpaired) electrons. The maximum Gasteiger partial charge on any atom is 0.118 e. The number of benzene rings is 1. The summed E-state index contributed by atoms with van der Waals surface area (Å²) in [5.41, 5.74) is 1.32. The lowest BCUT2D eigenvalue weighted by atomic mass is 9.90. The Kier molecular flexibility index (Phi) is 4.31. The summed E-state index contributed by atoms with van der Waals surface area (Å²) in [5.74, 6) is 9.52. The van der Waals surface area contributed by atoms with E-state index in [2.05, 4.69) is 37.8 Å². The molecule has 96 valence electrons. The minimum absolute atomic E-state index is 0.372. The van der Waals surface area contributed by atoms with Gasteiger partial charge < -0.3 is 4.74 Å². The molecule has 0 aliphatic heterocycles. The molecule has 1 aliphatic carbocycles. The van der Waals surface area contributed by atoms with Crippen LogP contribution in [0.3, 0.4) is 0 Å². The van der Waals surface area contributed by atoms with E-state index in [1.165, 1.54) is 18.4 Å². The molecule has 0 spiro atoms. The maximum absolute atomic E-state index is 5.20. The van der Waals surface area contributed by atoms with E-state index in [1.54, 1.807) is 7.11 Å². The molecule has 1 fully saturated rings. The van der Waals surface area contributed by atoms with Gasteiger partial charge in [-0.1, -0.05) is 37.8 Å². The predicted molar refractivity (Wildman–Crippen MR) is 75.7 cm³/mol. The van der Waals surface area contributed by atoms with E-state index in [0.29, 0.717) is 17.8 Å². The number of methoxy groups -OCH3 is 1. The van der Waals surface area contributed by atoms with Crippen LogP contribution in [0.5, 0.6) is 5.75 Å². The van der Waals surface area contributed by atoms with Crippen molar-refractivity contribution in [3.05, 3.63) is 29.8 Å². The average Bonchev–Trinajstić information content (AvgIpc) is 3.18. The summed E-state index contributed by atoms with van der Waals surface area (Å²) in [6.07, 6.45) is 3.72. The molecular formula is C17H22O. The minimum Gasteiger partial charge on any atom is -0.497 e. The highest BCUT2D eigenvalue weighted by Gasteiger charge is 2.19. The second-order valence-electron chi connectivity index (χ2n) is 5.52. The quantitative estimate of drug-likeness (QED) is 0.718. The molecule has 1 saturated carbocycles. The Balaban J connectivity index is 2.13. The van der Waals surface area contributed by atoms with Crippen LogP contribution in [0.1, 0.15) is 44.6 Å². The van der Waals surface area contributed by atoms with Gasteiger partial charge in [-0.15, -0.1) is 0 Å². The van der Waals surface area contributed by atoms with Gasteiger partial charge in [-0.25, -0.2) is 0 Å². The van der Waals surface area contributed by atoms with Gasteiger partial charge in [0.15, 0.2) is 0 Å². The molecule has 1 atom stereocenters. The number of hydrogen-bond acceptors (Lipinski definition) is 1. The third-order valence-electron chi connectivity index (χ3n) is 3.26. The van der Waals surface area contributed by atoms with Crippen molar-refractivity contribution in [2.24, 2.45) is 11.8 Å². The highest BCUT2D eigenvalue weighted by Crippen LogP contribution is 2.30. The Morgan fingerprint density at radius 1 is 1.22 bits per heavy atom. The highest BCUT2D eigenvalue weighted by molar-refractivity contribution is 5.34. The molecular weight excluding hydrogens is 220 g/mol. The van der Waals surface area contributed by atoms with Gasteiger partial charge in [0.25, 0.3) is 0 Å². The van der Waals surface area contributed by atoms with Crippen molar-refractivity contribution in [2.75, 3.05) is 7.11 Å². The van der Waals surface area contributed by atoms with Crippen molar-refractivity contribution in [3.8, 4) is 17.6 Å². The molecule has 0 aromatic heterocycles. The topological polar surface area (TPSA) is 9.23 Å². The first-order chi connectivity index (χ1) is 8.69. The normalized spacial score (nSPS) is 16.0. The number of ether oxygens (including phenoxy) is 1. The molecule has 0 bridgehead atoms. The molecule has 2 rings (SSSR count). The fourth-order valence-corrected chi connectivity index (χ4v) is 2.03. The third kappa shape index (κ3) is 3.81. The summed E-state index contributed by atoms with van der Waals surface area (Å²) >= 11 is 0. The van der Waals surface area contributed by atoms with Crippen LogP contribution in [-0.2, 0) is 0 Å². The van der Waals surface area contributed by atoms with Crippen molar-refractivity contribution in [1.29, 1.82) is 0 Å². The summed E-state index contributed by atoms with van der Waals surface area (Å²) in [4.78, 5) is 0. The maximum atomic E-state index is 5.20. The molecule has 1 aromatic carbocycles.